The van der Waals surface area contributed by atoms with E-state index in [-0.39, 0.29) is 22.4 Å². The van der Waals surface area contributed by atoms with Gasteiger partial charge in [-0.15, -0.1) is 6.58 Å². The van der Waals surface area contributed by atoms with Gasteiger partial charge in [0.25, 0.3) is 15.9 Å². The summed E-state index contributed by atoms with van der Waals surface area (Å²) in [6.45, 7) is 5.11. The lowest BCUT2D eigenvalue weighted by Gasteiger charge is -2.31. The van der Waals surface area contributed by atoms with Crippen LogP contribution in [0.25, 0.3) is 0 Å². The molecule has 2 aromatic carbocycles. The van der Waals surface area contributed by atoms with Crippen LogP contribution in [-0.4, -0.2) is 38.9 Å². The Bertz CT molecular complexity index is 925. The number of halogens is 1. The van der Waals surface area contributed by atoms with Crippen molar-refractivity contribution in [2.45, 2.75) is 11.3 Å². The van der Waals surface area contributed by atoms with Crippen LogP contribution in [0.4, 0.5) is 5.69 Å². The van der Waals surface area contributed by atoms with Crippen molar-refractivity contribution < 1.29 is 13.2 Å². The maximum atomic E-state index is 13.2. The Morgan fingerprint density at radius 3 is 2.46 bits per heavy atom. The molecule has 0 aliphatic carbocycles. The van der Waals surface area contributed by atoms with Gasteiger partial charge < -0.3 is 4.90 Å². The maximum absolute atomic E-state index is 13.2. The summed E-state index contributed by atoms with van der Waals surface area (Å²) in [7, 11) is -3.96. The summed E-state index contributed by atoms with van der Waals surface area (Å²) in [5.41, 5.74) is 0.822. The molecule has 0 atom stereocenters. The Hall–Kier alpha value is -2.31. The highest BCUT2D eigenvalue weighted by molar-refractivity contribution is 7.93. The highest BCUT2D eigenvalue weighted by atomic mass is 35.5. The second kappa shape index (κ2) is 7.51. The van der Waals surface area contributed by atoms with E-state index in [1.165, 1.54) is 22.5 Å². The molecule has 1 heterocycles. The molecule has 0 unspecified atom stereocenters. The molecule has 2 aromatic rings. The molecule has 0 N–H and O–H groups in total. The monoisotopic (exact) mass is 390 g/mol. The number of anilines is 1. The van der Waals surface area contributed by atoms with E-state index in [4.69, 9.17) is 11.6 Å². The number of amides is 1. The standard InChI is InChI=1S/C19H19ClN2O3S/c1-2-11-22(16-7-4-3-5-8-16)26(24,25)18-14-15(9-10-17(18)20)19(23)21-12-6-13-21/h2-5,7-10,14H,1,6,11-13H2. The average molecular weight is 391 g/mol. The number of benzene rings is 2. The lowest BCUT2D eigenvalue weighted by Crippen LogP contribution is -2.42. The average Bonchev–Trinajstić information content (AvgIpc) is 2.59. The lowest BCUT2D eigenvalue weighted by molar-refractivity contribution is 0.0651. The van der Waals surface area contributed by atoms with Crippen LogP contribution in [0.3, 0.4) is 0 Å². The van der Waals surface area contributed by atoms with Crippen molar-refractivity contribution >= 4 is 33.2 Å². The molecule has 1 fully saturated rings. The molecule has 1 amide bonds. The summed E-state index contributed by atoms with van der Waals surface area (Å²) in [6, 6.07) is 13.1. The van der Waals surface area contributed by atoms with Crippen LogP contribution in [0.15, 0.2) is 66.1 Å². The van der Waals surface area contributed by atoms with E-state index in [0.29, 0.717) is 24.3 Å². The molecule has 1 saturated heterocycles. The van der Waals surface area contributed by atoms with Gasteiger partial charge in [-0.3, -0.25) is 9.10 Å². The first-order chi connectivity index (χ1) is 12.4. The van der Waals surface area contributed by atoms with Gasteiger partial charge in [0.05, 0.1) is 17.3 Å². The van der Waals surface area contributed by atoms with E-state index in [9.17, 15) is 13.2 Å². The van der Waals surface area contributed by atoms with E-state index in [0.717, 1.165) is 6.42 Å². The van der Waals surface area contributed by atoms with Crippen molar-refractivity contribution in [3.05, 3.63) is 71.8 Å². The fourth-order valence-corrected chi connectivity index (χ4v) is 4.65. The molecule has 1 aliphatic heterocycles. The minimum Gasteiger partial charge on any atom is -0.339 e. The zero-order valence-corrected chi connectivity index (χ0v) is 15.7. The van der Waals surface area contributed by atoms with Crippen molar-refractivity contribution in [1.82, 2.24) is 4.90 Å². The molecule has 136 valence electrons. The molecule has 0 saturated carbocycles. The maximum Gasteiger partial charge on any atom is 0.266 e. The summed E-state index contributed by atoms with van der Waals surface area (Å²) >= 11 is 6.19. The van der Waals surface area contributed by atoms with Crippen molar-refractivity contribution in [2.24, 2.45) is 0 Å². The van der Waals surface area contributed by atoms with E-state index in [1.54, 1.807) is 35.2 Å². The third kappa shape index (κ3) is 3.48. The Morgan fingerprint density at radius 2 is 1.88 bits per heavy atom. The van der Waals surface area contributed by atoms with Crippen molar-refractivity contribution in [2.75, 3.05) is 23.9 Å². The highest BCUT2D eigenvalue weighted by Crippen LogP contribution is 2.30. The molecular formula is C19H19ClN2O3S. The minimum absolute atomic E-state index is 0.0788. The SMILES string of the molecule is C=CCN(c1ccccc1)S(=O)(=O)c1cc(C(=O)N2CCC2)ccc1Cl. The summed E-state index contributed by atoms with van der Waals surface area (Å²) < 4.78 is 27.7. The number of carbonyl (C=O) groups is 1. The highest BCUT2D eigenvalue weighted by Gasteiger charge is 2.29. The third-order valence-electron chi connectivity index (χ3n) is 4.23. The fraction of sp³-hybridized carbons (Fsp3) is 0.211. The van der Waals surface area contributed by atoms with Crippen LogP contribution >= 0.6 is 11.6 Å². The van der Waals surface area contributed by atoms with Gasteiger partial charge in [-0.2, -0.15) is 0 Å². The number of rotatable bonds is 6. The van der Waals surface area contributed by atoms with Gasteiger partial charge in [-0.25, -0.2) is 8.42 Å². The summed E-state index contributed by atoms with van der Waals surface area (Å²) in [5, 5.41) is 0.0788. The van der Waals surface area contributed by atoms with Crippen LogP contribution in [0.5, 0.6) is 0 Å². The number of likely N-dealkylation sites (tertiary alicyclic amines) is 1. The topological polar surface area (TPSA) is 57.7 Å². The molecular weight excluding hydrogens is 372 g/mol. The van der Waals surface area contributed by atoms with Crippen LogP contribution in [0.1, 0.15) is 16.8 Å². The van der Waals surface area contributed by atoms with Crippen molar-refractivity contribution in [1.29, 1.82) is 0 Å². The van der Waals surface area contributed by atoms with Crippen LogP contribution in [-0.2, 0) is 10.0 Å². The van der Waals surface area contributed by atoms with E-state index in [1.807, 2.05) is 6.07 Å². The molecule has 3 rings (SSSR count). The Morgan fingerprint density at radius 1 is 1.19 bits per heavy atom. The zero-order chi connectivity index (χ0) is 18.7. The fourth-order valence-electron chi connectivity index (χ4n) is 2.71. The molecule has 0 spiro atoms. The number of sulfonamides is 1. The zero-order valence-electron chi connectivity index (χ0n) is 14.1. The first-order valence-electron chi connectivity index (χ1n) is 8.22. The van der Waals surface area contributed by atoms with Gasteiger partial charge in [-0.05, 0) is 36.8 Å². The number of para-hydroxylation sites is 1. The predicted molar refractivity (Wildman–Crippen MR) is 103 cm³/mol. The molecule has 7 heteroatoms. The predicted octanol–water partition coefficient (Wildman–Crippen LogP) is 3.57. The normalized spacial score (nSPS) is 13.8. The Labute approximate surface area is 158 Å². The molecule has 5 nitrogen and oxygen atoms in total. The van der Waals surface area contributed by atoms with Crippen molar-refractivity contribution in [3.63, 3.8) is 0 Å². The van der Waals surface area contributed by atoms with E-state index in [2.05, 4.69) is 6.58 Å². The Kier molecular flexibility index (Phi) is 5.34. The molecule has 1 aliphatic rings. The van der Waals surface area contributed by atoms with Gasteiger partial charge in [0.1, 0.15) is 4.90 Å². The largest absolute Gasteiger partial charge is 0.339 e. The molecule has 0 radical (unpaired) electrons. The molecule has 0 bridgehead atoms. The third-order valence-corrected chi connectivity index (χ3v) is 6.50. The summed E-state index contributed by atoms with van der Waals surface area (Å²) in [4.78, 5) is 14.0. The quantitative estimate of drug-likeness (QED) is 0.708. The van der Waals surface area contributed by atoms with Crippen molar-refractivity contribution in [3.8, 4) is 0 Å². The van der Waals surface area contributed by atoms with E-state index < -0.39 is 10.0 Å². The number of hydrogen-bond donors (Lipinski definition) is 0. The van der Waals surface area contributed by atoms with Gasteiger partial charge >= 0.3 is 0 Å². The van der Waals surface area contributed by atoms with Crippen LogP contribution in [0.2, 0.25) is 5.02 Å². The van der Waals surface area contributed by atoms with Gasteiger partial charge in [-0.1, -0.05) is 35.9 Å². The van der Waals surface area contributed by atoms with Crippen LogP contribution in [0, 0.1) is 0 Å². The number of carbonyl (C=O) groups excluding carboxylic acids is 1. The summed E-state index contributed by atoms with van der Waals surface area (Å²) in [6.07, 6.45) is 2.47. The minimum atomic E-state index is -3.96. The molecule has 0 aromatic heterocycles. The van der Waals surface area contributed by atoms with E-state index >= 15 is 0 Å². The second-order valence-electron chi connectivity index (χ2n) is 5.95. The first-order valence-corrected chi connectivity index (χ1v) is 10.0. The van der Waals surface area contributed by atoms with Crippen LogP contribution < -0.4 is 4.31 Å². The van der Waals surface area contributed by atoms with Gasteiger partial charge in [0.15, 0.2) is 0 Å². The van der Waals surface area contributed by atoms with Gasteiger partial charge in [0.2, 0.25) is 0 Å². The van der Waals surface area contributed by atoms with Gasteiger partial charge in [0, 0.05) is 18.7 Å². The second-order valence-corrected chi connectivity index (χ2v) is 8.19. The lowest BCUT2D eigenvalue weighted by atomic mass is 10.1. The first kappa shape index (κ1) is 18.5. The Balaban J connectivity index is 2.04. The summed E-state index contributed by atoms with van der Waals surface area (Å²) in [5.74, 6) is -0.181. The smallest absolute Gasteiger partial charge is 0.266 e. The number of hydrogen-bond acceptors (Lipinski definition) is 3. The molecule has 26 heavy (non-hydrogen) atoms. The number of nitrogens with zero attached hydrogens (tertiary/aromatic N) is 2.